The maximum atomic E-state index is 11.1. The molecule has 2 rings (SSSR count). The number of aromatic nitrogens is 2. The molecule has 0 aliphatic carbocycles. The van der Waals surface area contributed by atoms with Crippen molar-refractivity contribution in [1.29, 1.82) is 0 Å². The molecule has 6 nitrogen and oxygen atoms in total. The summed E-state index contributed by atoms with van der Waals surface area (Å²) >= 11 is 0. The van der Waals surface area contributed by atoms with Crippen LogP contribution in [0.2, 0.25) is 0 Å². The number of nitrogens with zero attached hydrogens (tertiary/aromatic N) is 2. The van der Waals surface area contributed by atoms with E-state index >= 15 is 0 Å². The third kappa shape index (κ3) is 1.22. The van der Waals surface area contributed by atoms with E-state index in [1.165, 1.54) is 12.4 Å². The first-order valence-corrected chi connectivity index (χ1v) is 3.66. The first-order valence-electron chi connectivity index (χ1n) is 3.66. The van der Waals surface area contributed by atoms with Crippen molar-refractivity contribution in [3.05, 3.63) is 29.6 Å². The lowest BCUT2D eigenvalue weighted by molar-refractivity contribution is -0.131. The molecule has 1 aromatic rings. The van der Waals surface area contributed by atoms with Crippen LogP contribution in [0.5, 0.6) is 0 Å². The molecule has 0 bridgehead atoms. The van der Waals surface area contributed by atoms with Crippen LogP contribution < -0.4 is 0 Å². The Labute approximate surface area is 77.8 Å². The number of hydrogen-bond donors (Lipinski definition) is 1. The predicted octanol–water partition coefficient (Wildman–Crippen LogP) is 0.0725. The molecule has 0 amide bonds. The number of esters is 1. The molecule has 0 radical (unpaired) electrons. The molecule has 0 aromatic carbocycles. The van der Waals surface area contributed by atoms with Gasteiger partial charge in [-0.1, -0.05) is 0 Å². The number of carboxylic acids is 1. The standard InChI is InChI=1S/C8H4N2O4/c11-7(12)1-6-4-2-9-10-3-5(4)8(13)14-6/h1-3H,(H,11,12)/b6-1-. The van der Waals surface area contributed by atoms with Gasteiger partial charge in [0.25, 0.3) is 0 Å². The number of carbonyl (C=O) groups excluding carboxylic acids is 1. The van der Waals surface area contributed by atoms with E-state index in [0.717, 1.165) is 6.08 Å². The van der Waals surface area contributed by atoms with Gasteiger partial charge >= 0.3 is 11.9 Å². The number of cyclic esters (lactones) is 1. The van der Waals surface area contributed by atoms with Crippen LogP contribution in [0.3, 0.4) is 0 Å². The van der Waals surface area contributed by atoms with Crippen molar-refractivity contribution in [1.82, 2.24) is 10.2 Å². The minimum absolute atomic E-state index is 0.00704. The van der Waals surface area contributed by atoms with E-state index in [1.54, 1.807) is 0 Å². The summed E-state index contributed by atoms with van der Waals surface area (Å²) < 4.78 is 4.70. The summed E-state index contributed by atoms with van der Waals surface area (Å²) in [6, 6.07) is 0. The Hall–Kier alpha value is -2.24. The molecule has 6 heteroatoms. The number of rotatable bonds is 1. The molecule has 0 spiro atoms. The van der Waals surface area contributed by atoms with Crippen molar-refractivity contribution in [2.45, 2.75) is 0 Å². The molecule has 14 heavy (non-hydrogen) atoms. The highest BCUT2D eigenvalue weighted by molar-refractivity contribution is 6.05. The van der Waals surface area contributed by atoms with Crippen LogP contribution in [-0.4, -0.2) is 27.2 Å². The quantitative estimate of drug-likeness (QED) is 0.500. The van der Waals surface area contributed by atoms with Gasteiger partial charge in [-0.05, 0) is 0 Å². The highest BCUT2D eigenvalue weighted by Crippen LogP contribution is 2.27. The summed E-state index contributed by atoms with van der Waals surface area (Å²) in [6.07, 6.45) is 3.33. The molecule has 1 aliphatic rings. The van der Waals surface area contributed by atoms with Crippen molar-refractivity contribution in [2.24, 2.45) is 0 Å². The Balaban J connectivity index is 2.54. The zero-order valence-electron chi connectivity index (χ0n) is 6.80. The summed E-state index contributed by atoms with van der Waals surface area (Å²) in [5, 5.41) is 15.5. The number of aliphatic carboxylic acids is 1. The third-order valence-corrected chi connectivity index (χ3v) is 1.67. The van der Waals surface area contributed by atoms with E-state index in [4.69, 9.17) is 9.84 Å². The van der Waals surface area contributed by atoms with E-state index in [0.29, 0.717) is 5.56 Å². The molecule has 0 atom stereocenters. The van der Waals surface area contributed by atoms with E-state index in [1.807, 2.05) is 0 Å². The Morgan fingerprint density at radius 1 is 1.36 bits per heavy atom. The molecule has 1 aliphatic heterocycles. The van der Waals surface area contributed by atoms with Crippen LogP contribution in [0, 0.1) is 0 Å². The minimum atomic E-state index is -1.18. The van der Waals surface area contributed by atoms with E-state index in [2.05, 4.69) is 10.2 Å². The van der Waals surface area contributed by atoms with Crippen molar-refractivity contribution >= 4 is 17.7 Å². The van der Waals surface area contributed by atoms with Gasteiger partial charge in [0, 0.05) is 0 Å². The highest BCUT2D eigenvalue weighted by Gasteiger charge is 2.27. The Morgan fingerprint density at radius 3 is 2.64 bits per heavy atom. The monoisotopic (exact) mass is 192 g/mol. The molecule has 0 fully saturated rings. The van der Waals surface area contributed by atoms with E-state index in [-0.39, 0.29) is 11.3 Å². The van der Waals surface area contributed by atoms with Gasteiger partial charge in [0.05, 0.1) is 29.6 Å². The van der Waals surface area contributed by atoms with Gasteiger partial charge in [-0.3, -0.25) is 0 Å². The smallest absolute Gasteiger partial charge is 0.346 e. The Morgan fingerprint density at radius 2 is 2.00 bits per heavy atom. The molecule has 70 valence electrons. The van der Waals surface area contributed by atoms with Crippen LogP contribution in [0.15, 0.2) is 18.5 Å². The number of carbonyl (C=O) groups is 2. The lowest BCUT2D eigenvalue weighted by Gasteiger charge is -1.93. The van der Waals surface area contributed by atoms with Gasteiger partial charge in [-0.2, -0.15) is 10.2 Å². The van der Waals surface area contributed by atoms with Gasteiger partial charge in [0.1, 0.15) is 5.76 Å². The summed E-state index contributed by atoms with van der Waals surface area (Å²) in [5.41, 5.74) is 0.583. The van der Waals surface area contributed by atoms with Crippen molar-refractivity contribution < 1.29 is 19.4 Å². The first kappa shape index (κ1) is 8.36. The molecular formula is C8H4N2O4. The number of fused-ring (bicyclic) bond motifs is 1. The van der Waals surface area contributed by atoms with Gasteiger partial charge in [0.15, 0.2) is 0 Å². The lowest BCUT2D eigenvalue weighted by Crippen LogP contribution is -1.94. The predicted molar refractivity (Wildman–Crippen MR) is 43.1 cm³/mol. The molecule has 1 N–H and O–H groups in total. The van der Waals surface area contributed by atoms with E-state index < -0.39 is 11.9 Å². The van der Waals surface area contributed by atoms with E-state index in [9.17, 15) is 9.59 Å². The lowest BCUT2D eigenvalue weighted by atomic mass is 10.2. The highest BCUT2D eigenvalue weighted by atomic mass is 16.5. The van der Waals surface area contributed by atoms with Gasteiger partial charge < -0.3 is 9.84 Å². The molecule has 0 saturated heterocycles. The summed E-state index contributed by atoms with van der Waals surface area (Å²) in [7, 11) is 0. The number of ether oxygens (including phenoxy) is 1. The summed E-state index contributed by atoms with van der Waals surface area (Å²) in [4.78, 5) is 21.5. The minimum Gasteiger partial charge on any atom is -0.478 e. The van der Waals surface area contributed by atoms with Gasteiger partial charge in [-0.25, -0.2) is 9.59 Å². The summed E-state index contributed by atoms with van der Waals surface area (Å²) in [6.45, 7) is 0. The van der Waals surface area contributed by atoms with Gasteiger partial charge in [0.2, 0.25) is 0 Å². The Bertz CT molecular complexity index is 452. The largest absolute Gasteiger partial charge is 0.478 e. The van der Waals surface area contributed by atoms with Crippen LogP contribution in [-0.2, 0) is 9.53 Å². The topological polar surface area (TPSA) is 89.4 Å². The van der Waals surface area contributed by atoms with Crippen molar-refractivity contribution in [3.63, 3.8) is 0 Å². The maximum Gasteiger partial charge on any atom is 0.346 e. The molecule has 0 unspecified atom stereocenters. The summed E-state index contributed by atoms with van der Waals surface area (Å²) in [5.74, 6) is -1.80. The first-order chi connectivity index (χ1) is 6.68. The fourth-order valence-electron chi connectivity index (χ4n) is 1.11. The number of hydrogen-bond acceptors (Lipinski definition) is 5. The SMILES string of the molecule is O=C(O)/C=C1\OC(=O)c2cnncc21. The van der Waals surface area contributed by atoms with Crippen LogP contribution in [0.4, 0.5) is 0 Å². The molecular weight excluding hydrogens is 188 g/mol. The average molecular weight is 192 g/mol. The average Bonchev–Trinajstić information content (AvgIpc) is 2.44. The third-order valence-electron chi connectivity index (χ3n) is 1.67. The van der Waals surface area contributed by atoms with Crippen LogP contribution in [0.1, 0.15) is 15.9 Å². The van der Waals surface area contributed by atoms with Crippen molar-refractivity contribution in [3.8, 4) is 0 Å². The number of carboxylic acid groups (broad SMARTS) is 1. The molecule has 0 saturated carbocycles. The molecule has 2 heterocycles. The normalized spacial score (nSPS) is 16.6. The fraction of sp³-hybridized carbons (Fsp3) is 0. The second-order valence-corrected chi connectivity index (χ2v) is 2.55. The second-order valence-electron chi connectivity index (χ2n) is 2.55. The van der Waals surface area contributed by atoms with Gasteiger partial charge in [-0.15, -0.1) is 0 Å². The van der Waals surface area contributed by atoms with Crippen LogP contribution >= 0.6 is 0 Å². The zero-order valence-corrected chi connectivity index (χ0v) is 6.80. The maximum absolute atomic E-state index is 11.1. The van der Waals surface area contributed by atoms with Crippen molar-refractivity contribution in [2.75, 3.05) is 0 Å². The Kier molecular flexibility index (Phi) is 1.74. The molecule has 1 aromatic heterocycles. The fourth-order valence-corrected chi connectivity index (χ4v) is 1.11. The zero-order chi connectivity index (χ0) is 10.1. The van der Waals surface area contributed by atoms with Crippen LogP contribution in [0.25, 0.3) is 5.76 Å². The second kappa shape index (κ2) is 2.91.